The van der Waals surface area contributed by atoms with E-state index in [1.807, 2.05) is 24.4 Å². The van der Waals surface area contributed by atoms with Gasteiger partial charge in [-0.05, 0) is 41.0 Å². The monoisotopic (exact) mass is 354 g/mol. The van der Waals surface area contributed by atoms with Gasteiger partial charge in [0.1, 0.15) is 0 Å². The number of aromatic nitrogens is 2. The average molecular weight is 354 g/mol. The van der Waals surface area contributed by atoms with Gasteiger partial charge in [0.15, 0.2) is 0 Å². The maximum Gasteiger partial charge on any atom is 0.0720 e. The molecule has 0 unspecified atom stereocenters. The highest BCUT2D eigenvalue weighted by Crippen LogP contribution is 2.34. The number of rotatable bonds is 4. The molecule has 1 aromatic carbocycles. The smallest absolute Gasteiger partial charge is 0.0720 e. The van der Waals surface area contributed by atoms with Gasteiger partial charge in [0.2, 0.25) is 0 Å². The van der Waals surface area contributed by atoms with E-state index < -0.39 is 0 Å². The first kappa shape index (κ1) is 12.2. The number of hydrogen-bond donors (Lipinski definition) is 0. The lowest BCUT2D eigenvalue weighted by Crippen LogP contribution is -2.33. The molecule has 94 valence electrons. The molecule has 18 heavy (non-hydrogen) atoms. The fourth-order valence-corrected chi connectivity index (χ4v) is 2.60. The van der Waals surface area contributed by atoms with E-state index in [0.29, 0.717) is 12.1 Å². The summed E-state index contributed by atoms with van der Waals surface area (Å²) in [4.78, 5) is 0. The van der Waals surface area contributed by atoms with E-state index in [0.717, 1.165) is 19.4 Å². The third kappa shape index (κ3) is 2.75. The maximum absolute atomic E-state index is 5.88. The van der Waals surface area contributed by atoms with Crippen LogP contribution in [0.2, 0.25) is 0 Å². The molecule has 1 aliphatic rings. The Morgan fingerprint density at radius 3 is 2.72 bits per heavy atom. The van der Waals surface area contributed by atoms with Crippen LogP contribution in [0.5, 0.6) is 0 Å². The number of benzene rings is 1. The summed E-state index contributed by atoms with van der Waals surface area (Å²) in [6, 6.07) is 10.9. The fraction of sp³-hybridized carbons (Fsp3) is 0.357. The van der Waals surface area contributed by atoms with E-state index in [1.165, 1.54) is 9.13 Å². The minimum Gasteiger partial charge on any atom is -0.373 e. The summed E-state index contributed by atoms with van der Waals surface area (Å²) in [7, 11) is 0. The standard InChI is InChI=1S/C14H15IN2O/c15-12-8-16-17(9-12)13-6-14(7-13)18-10-11-4-2-1-3-5-11/h1-5,8-9,13-14H,6-7,10H2/t13-,14+. The normalized spacial score (nSPS) is 22.7. The summed E-state index contributed by atoms with van der Waals surface area (Å²) in [6.07, 6.45) is 6.53. The Morgan fingerprint density at radius 1 is 1.28 bits per heavy atom. The van der Waals surface area contributed by atoms with E-state index in [-0.39, 0.29) is 0 Å². The van der Waals surface area contributed by atoms with Gasteiger partial charge in [-0.15, -0.1) is 0 Å². The van der Waals surface area contributed by atoms with Crippen LogP contribution >= 0.6 is 22.6 Å². The van der Waals surface area contributed by atoms with Crippen molar-refractivity contribution in [3.05, 3.63) is 51.9 Å². The molecule has 0 aliphatic heterocycles. The molecule has 0 amide bonds. The minimum absolute atomic E-state index is 0.386. The Hall–Kier alpha value is -0.880. The lowest BCUT2D eigenvalue weighted by Gasteiger charge is -2.35. The first-order valence-corrected chi connectivity index (χ1v) is 7.24. The van der Waals surface area contributed by atoms with Gasteiger partial charge in [0.25, 0.3) is 0 Å². The quantitative estimate of drug-likeness (QED) is 0.787. The SMILES string of the molecule is Ic1cnn([C@H]2C[C@@H](OCc3ccccc3)C2)c1. The van der Waals surface area contributed by atoms with Crippen molar-refractivity contribution in [3.63, 3.8) is 0 Å². The summed E-state index contributed by atoms with van der Waals surface area (Å²) in [5.74, 6) is 0. The minimum atomic E-state index is 0.386. The Kier molecular flexibility index (Phi) is 3.65. The lowest BCUT2D eigenvalue weighted by atomic mass is 9.89. The van der Waals surface area contributed by atoms with Crippen LogP contribution in [0.15, 0.2) is 42.7 Å². The molecular weight excluding hydrogens is 339 g/mol. The molecule has 3 nitrogen and oxygen atoms in total. The number of nitrogens with zero attached hydrogens (tertiary/aromatic N) is 2. The molecule has 0 bridgehead atoms. The molecule has 4 heteroatoms. The Balaban J connectivity index is 1.46. The van der Waals surface area contributed by atoms with Gasteiger partial charge in [-0.3, -0.25) is 4.68 Å². The predicted molar refractivity (Wildman–Crippen MR) is 78.2 cm³/mol. The Morgan fingerprint density at radius 2 is 2.06 bits per heavy atom. The average Bonchev–Trinajstić information content (AvgIpc) is 2.75. The topological polar surface area (TPSA) is 27.1 Å². The van der Waals surface area contributed by atoms with Crippen molar-refractivity contribution in [2.45, 2.75) is 31.6 Å². The van der Waals surface area contributed by atoms with Crippen LogP contribution in [0, 0.1) is 3.57 Å². The number of halogens is 1. The zero-order valence-corrected chi connectivity index (χ0v) is 12.2. The third-order valence-corrected chi connectivity index (χ3v) is 3.90. The van der Waals surface area contributed by atoms with Crippen molar-refractivity contribution in [3.8, 4) is 0 Å². The van der Waals surface area contributed by atoms with Gasteiger partial charge in [-0.1, -0.05) is 30.3 Å². The highest BCUT2D eigenvalue weighted by atomic mass is 127. The second kappa shape index (κ2) is 5.40. The van der Waals surface area contributed by atoms with E-state index in [1.54, 1.807) is 0 Å². The van der Waals surface area contributed by atoms with Crippen LogP contribution in [-0.2, 0) is 11.3 Å². The number of ether oxygens (including phenoxy) is 1. The van der Waals surface area contributed by atoms with E-state index in [4.69, 9.17) is 4.74 Å². The maximum atomic E-state index is 5.88. The predicted octanol–water partition coefficient (Wildman–Crippen LogP) is 3.41. The summed E-state index contributed by atoms with van der Waals surface area (Å²) in [6.45, 7) is 0.717. The summed E-state index contributed by atoms with van der Waals surface area (Å²) < 4.78 is 9.13. The Labute approximate surface area is 120 Å². The molecule has 1 heterocycles. The van der Waals surface area contributed by atoms with Crippen molar-refractivity contribution in [2.75, 3.05) is 0 Å². The highest BCUT2D eigenvalue weighted by Gasteiger charge is 2.31. The summed E-state index contributed by atoms with van der Waals surface area (Å²) >= 11 is 2.29. The summed E-state index contributed by atoms with van der Waals surface area (Å²) in [5, 5.41) is 4.34. The first-order chi connectivity index (χ1) is 8.81. The molecule has 1 aromatic heterocycles. The molecule has 1 fully saturated rings. The van der Waals surface area contributed by atoms with E-state index >= 15 is 0 Å². The highest BCUT2D eigenvalue weighted by molar-refractivity contribution is 14.1. The van der Waals surface area contributed by atoms with Crippen molar-refractivity contribution >= 4 is 22.6 Å². The molecule has 0 N–H and O–H groups in total. The molecule has 1 aliphatic carbocycles. The van der Waals surface area contributed by atoms with Crippen LogP contribution in [0.25, 0.3) is 0 Å². The molecular formula is C14H15IN2O. The lowest BCUT2D eigenvalue weighted by molar-refractivity contribution is -0.0383. The largest absolute Gasteiger partial charge is 0.373 e. The second-order valence-corrected chi connectivity index (χ2v) is 5.93. The van der Waals surface area contributed by atoms with Gasteiger partial charge in [0, 0.05) is 6.20 Å². The molecule has 0 atom stereocenters. The van der Waals surface area contributed by atoms with Crippen molar-refractivity contribution in [1.29, 1.82) is 0 Å². The zero-order chi connectivity index (χ0) is 12.4. The zero-order valence-electron chi connectivity index (χ0n) is 10.00. The molecule has 0 saturated heterocycles. The van der Waals surface area contributed by atoms with Gasteiger partial charge in [0.05, 0.1) is 28.5 Å². The molecule has 2 aromatic rings. The van der Waals surface area contributed by atoms with Gasteiger partial charge in [-0.25, -0.2) is 0 Å². The molecule has 0 radical (unpaired) electrons. The van der Waals surface area contributed by atoms with Crippen LogP contribution in [0.1, 0.15) is 24.4 Å². The fourth-order valence-electron chi connectivity index (χ4n) is 2.19. The summed E-state index contributed by atoms with van der Waals surface area (Å²) in [5.41, 5.74) is 1.24. The van der Waals surface area contributed by atoms with Gasteiger partial charge in [-0.2, -0.15) is 5.10 Å². The third-order valence-electron chi connectivity index (χ3n) is 3.34. The van der Waals surface area contributed by atoms with Crippen LogP contribution in [0.4, 0.5) is 0 Å². The van der Waals surface area contributed by atoms with Crippen LogP contribution in [0.3, 0.4) is 0 Å². The van der Waals surface area contributed by atoms with Crippen molar-refractivity contribution in [1.82, 2.24) is 9.78 Å². The van der Waals surface area contributed by atoms with E-state index in [9.17, 15) is 0 Å². The van der Waals surface area contributed by atoms with Crippen LogP contribution in [-0.4, -0.2) is 15.9 Å². The van der Waals surface area contributed by atoms with Gasteiger partial charge < -0.3 is 4.74 Å². The molecule has 0 spiro atoms. The van der Waals surface area contributed by atoms with Gasteiger partial charge >= 0.3 is 0 Å². The second-order valence-electron chi connectivity index (χ2n) is 4.68. The van der Waals surface area contributed by atoms with E-state index in [2.05, 4.69) is 50.7 Å². The Bertz CT molecular complexity index is 506. The van der Waals surface area contributed by atoms with Crippen molar-refractivity contribution < 1.29 is 4.74 Å². The molecule has 1 saturated carbocycles. The molecule has 3 rings (SSSR count). The van der Waals surface area contributed by atoms with Crippen molar-refractivity contribution in [2.24, 2.45) is 0 Å². The van der Waals surface area contributed by atoms with Crippen LogP contribution < -0.4 is 0 Å². The first-order valence-electron chi connectivity index (χ1n) is 6.16. The number of hydrogen-bond acceptors (Lipinski definition) is 2.